The van der Waals surface area contributed by atoms with Gasteiger partial charge in [0.1, 0.15) is 11.6 Å². The van der Waals surface area contributed by atoms with Gasteiger partial charge in [-0.2, -0.15) is 5.10 Å². The lowest BCUT2D eigenvalue weighted by atomic mass is 10.00. The van der Waals surface area contributed by atoms with Gasteiger partial charge in [-0.15, -0.1) is 0 Å². The van der Waals surface area contributed by atoms with Crippen molar-refractivity contribution in [3.05, 3.63) is 74.6 Å². The van der Waals surface area contributed by atoms with Gasteiger partial charge in [0.05, 0.1) is 17.3 Å². The van der Waals surface area contributed by atoms with Crippen molar-refractivity contribution < 1.29 is 4.79 Å². The number of rotatable bonds is 4. The molecular formula is C18H15Cl2N3O2. The number of nitrogens with zero attached hydrogens (tertiary/aromatic N) is 2. The average molecular weight is 376 g/mol. The number of hydrogen-bond acceptors (Lipinski definition) is 3. The lowest BCUT2D eigenvalue weighted by Gasteiger charge is -2.17. The molecule has 0 aliphatic rings. The van der Waals surface area contributed by atoms with E-state index in [0.29, 0.717) is 0 Å². The summed E-state index contributed by atoms with van der Waals surface area (Å²) in [6.45, 7) is 1.66. The first-order chi connectivity index (χ1) is 12.0. The zero-order valence-corrected chi connectivity index (χ0v) is 14.9. The molecule has 0 bridgehead atoms. The van der Waals surface area contributed by atoms with Crippen LogP contribution in [0.25, 0.3) is 10.8 Å². The normalized spacial score (nSPS) is 12.1. The third-order valence-corrected chi connectivity index (χ3v) is 4.65. The molecule has 2 aromatic carbocycles. The number of hydrogen-bond donors (Lipinski definition) is 1. The maximum Gasteiger partial charge on any atom is 0.287 e. The van der Waals surface area contributed by atoms with Gasteiger partial charge in [-0.3, -0.25) is 9.59 Å². The molecular weight excluding hydrogens is 361 g/mol. The van der Waals surface area contributed by atoms with Crippen LogP contribution < -0.4 is 10.9 Å². The van der Waals surface area contributed by atoms with E-state index in [1.54, 1.807) is 0 Å². The Morgan fingerprint density at radius 3 is 2.72 bits per heavy atom. The molecule has 0 spiro atoms. The fraction of sp³-hybridized carbons (Fsp3) is 0.167. The molecule has 0 aliphatic heterocycles. The van der Waals surface area contributed by atoms with Gasteiger partial charge in [0.2, 0.25) is 5.91 Å². The minimum atomic E-state index is -0.595. The Labute approximate surface area is 154 Å². The minimum Gasteiger partial charge on any atom is -0.348 e. The second-order valence-corrected chi connectivity index (χ2v) is 6.41. The molecule has 0 saturated carbocycles. The topological polar surface area (TPSA) is 64.0 Å². The van der Waals surface area contributed by atoms with E-state index < -0.39 is 5.56 Å². The summed E-state index contributed by atoms with van der Waals surface area (Å²) in [4.78, 5) is 24.3. The van der Waals surface area contributed by atoms with Crippen LogP contribution in [0, 0.1) is 0 Å². The zero-order chi connectivity index (χ0) is 18.0. The smallest absolute Gasteiger partial charge is 0.287 e. The third-order valence-electron chi connectivity index (χ3n) is 3.90. The van der Waals surface area contributed by atoms with Crippen molar-refractivity contribution in [2.75, 3.05) is 0 Å². The van der Waals surface area contributed by atoms with E-state index in [0.717, 1.165) is 21.0 Å². The number of carbonyl (C=O) groups is 1. The Kier molecular flexibility index (Phi) is 5.06. The van der Waals surface area contributed by atoms with Crippen LogP contribution in [0.3, 0.4) is 0 Å². The van der Waals surface area contributed by atoms with E-state index in [4.69, 9.17) is 23.2 Å². The Hall–Kier alpha value is -2.37. The third kappa shape index (κ3) is 3.67. The summed E-state index contributed by atoms with van der Waals surface area (Å²) in [7, 11) is 0. The average Bonchev–Trinajstić information content (AvgIpc) is 2.61. The first-order valence-corrected chi connectivity index (χ1v) is 8.41. The van der Waals surface area contributed by atoms with E-state index in [2.05, 4.69) is 10.4 Å². The van der Waals surface area contributed by atoms with E-state index >= 15 is 0 Å². The van der Waals surface area contributed by atoms with Gasteiger partial charge < -0.3 is 5.32 Å². The van der Waals surface area contributed by atoms with E-state index in [-0.39, 0.29) is 28.5 Å². The molecule has 0 radical (unpaired) electrons. The van der Waals surface area contributed by atoms with Gasteiger partial charge in [-0.1, -0.05) is 65.7 Å². The van der Waals surface area contributed by atoms with Crippen molar-refractivity contribution >= 4 is 39.9 Å². The zero-order valence-electron chi connectivity index (χ0n) is 13.4. The summed E-state index contributed by atoms with van der Waals surface area (Å²) >= 11 is 11.5. The highest BCUT2D eigenvalue weighted by Crippen LogP contribution is 2.24. The summed E-state index contributed by atoms with van der Waals surface area (Å²) in [6.07, 6.45) is 1.24. The van der Waals surface area contributed by atoms with Crippen LogP contribution >= 0.6 is 23.2 Å². The van der Waals surface area contributed by atoms with Gasteiger partial charge >= 0.3 is 0 Å². The van der Waals surface area contributed by atoms with Crippen LogP contribution in [0.5, 0.6) is 0 Å². The predicted molar refractivity (Wildman–Crippen MR) is 99.0 cm³/mol. The van der Waals surface area contributed by atoms with Gasteiger partial charge in [-0.05, 0) is 23.3 Å². The SMILES string of the molecule is C[C@@H](NC(=O)Cn1ncc(Cl)c(Cl)c1=O)c1cccc2ccccc12. The number of carbonyl (C=O) groups excluding carboxylic acids is 1. The number of amides is 1. The van der Waals surface area contributed by atoms with E-state index in [9.17, 15) is 9.59 Å². The predicted octanol–water partition coefficient (Wildman–Crippen LogP) is 3.58. The maximum atomic E-state index is 12.3. The van der Waals surface area contributed by atoms with Crippen molar-refractivity contribution in [1.29, 1.82) is 0 Å². The molecule has 1 atom stereocenters. The first-order valence-electron chi connectivity index (χ1n) is 7.65. The van der Waals surface area contributed by atoms with Crippen molar-refractivity contribution in [3.63, 3.8) is 0 Å². The number of nitrogens with one attached hydrogen (secondary N) is 1. The highest BCUT2D eigenvalue weighted by atomic mass is 35.5. The number of fused-ring (bicyclic) bond motifs is 1. The van der Waals surface area contributed by atoms with Crippen LogP contribution in [0.2, 0.25) is 10.0 Å². The molecule has 0 fully saturated rings. The molecule has 1 heterocycles. The Bertz CT molecular complexity index is 996. The Morgan fingerprint density at radius 2 is 1.92 bits per heavy atom. The lowest BCUT2D eigenvalue weighted by Crippen LogP contribution is -2.35. The molecule has 1 N–H and O–H groups in total. The molecule has 7 heteroatoms. The maximum absolute atomic E-state index is 12.3. The molecule has 0 saturated heterocycles. The van der Waals surface area contributed by atoms with Crippen LogP contribution in [-0.4, -0.2) is 15.7 Å². The highest BCUT2D eigenvalue weighted by molar-refractivity contribution is 6.41. The molecule has 25 heavy (non-hydrogen) atoms. The number of aromatic nitrogens is 2. The Morgan fingerprint density at radius 1 is 1.20 bits per heavy atom. The lowest BCUT2D eigenvalue weighted by molar-refractivity contribution is -0.122. The van der Waals surface area contributed by atoms with Crippen molar-refractivity contribution in [2.45, 2.75) is 19.5 Å². The van der Waals surface area contributed by atoms with Gasteiger partial charge in [0, 0.05) is 0 Å². The first kappa shape index (κ1) is 17.5. The standard InChI is InChI=1S/C18H15Cl2N3O2/c1-11(13-8-4-6-12-5-2-3-7-14(12)13)22-16(24)10-23-18(25)17(20)15(19)9-21-23/h2-9,11H,10H2,1H3,(H,22,24)/t11-/m1/s1. The van der Waals surface area contributed by atoms with Crippen molar-refractivity contribution in [1.82, 2.24) is 15.1 Å². The summed E-state index contributed by atoms with van der Waals surface area (Å²) in [6, 6.07) is 13.7. The van der Waals surface area contributed by atoms with Crippen molar-refractivity contribution in [2.24, 2.45) is 0 Å². The minimum absolute atomic E-state index is 0.0625. The second kappa shape index (κ2) is 7.25. The molecule has 0 aliphatic carbocycles. The highest BCUT2D eigenvalue weighted by Gasteiger charge is 2.15. The number of halogens is 2. The summed E-state index contributed by atoms with van der Waals surface area (Å²) < 4.78 is 0.985. The summed E-state index contributed by atoms with van der Waals surface area (Å²) in [5.41, 5.74) is 0.406. The fourth-order valence-corrected chi connectivity index (χ4v) is 2.96. The van der Waals surface area contributed by atoms with Crippen LogP contribution in [-0.2, 0) is 11.3 Å². The largest absolute Gasteiger partial charge is 0.348 e. The fourth-order valence-electron chi connectivity index (χ4n) is 2.69. The summed E-state index contributed by atoms with van der Waals surface area (Å²) in [5.74, 6) is -0.339. The van der Waals surface area contributed by atoms with Gasteiger partial charge in [0.15, 0.2) is 0 Å². The molecule has 1 amide bonds. The van der Waals surface area contributed by atoms with Gasteiger partial charge in [0.25, 0.3) is 5.56 Å². The molecule has 128 valence electrons. The monoisotopic (exact) mass is 375 g/mol. The second-order valence-electron chi connectivity index (χ2n) is 5.63. The Balaban J connectivity index is 1.79. The van der Waals surface area contributed by atoms with E-state index in [1.807, 2.05) is 49.4 Å². The molecule has 1 aromatic heterocycles. The van der Waals surface area contributed by atoms with Crippen LogP contribution in [0.15, 0.2) is 53.5 Å². The molecule has 3 aromatic rings. The van der Waals surface area contributed by atoms with Gasteiger partial charge in [-0.25, -0.2) is 4.68 Å². The quantitative estimate of drug-likeness (QED) is 0.757. The van der Waals surface area contributed by atoms with Crippen LogP contribution in [0.4, 0.5) is 0 Å². The van der Waals surface area contributed by atoms with Crippen LogP contribution in [0.1, 0.15) is 18.5 Å². The molecule has 3 rings (SSSR count). The van der Waals surface area contributed by atoms with Crippen molar-refractivity contribution in [3.8, 4) is 0 Å². The van der Waals surface area contributed by atoms with E-state index in [1.165, 1.54) is 6.20 Å². The molecule has 5 nitrogen and oxygen atoms in total. The number of benzene rings is 2. The summed E-state index contributed by atoms with van der Waals surface area (Å²) in [5, 5.41) is 8.81. The molecule has 0 unspecified atom stereocenters.